The van der Waals surface area contributed by atoms with Crippen LogP contribution in [0.5, 0.6) is 0 Å². The minimum absolute atomic E-state index is 0.116. The Morgan fingerprint density at radius 1 is 1.47 bits per heavy atom. The highest BCUT2D eigenvalue weighted by molar-refractivity contribution is 7.99. The predicted octanol–water partition coefficient (Wildman–Crippen LogP) is 1.87. The zero-order valence-corrected chi connectivity index (χ0v) is 11.0. The standard InChI is InChI=1S/C11H16N4OS/c1-4-5-8-6-9(16)12-10-13-14-11(15(8)10)17-7(2)3/h6-7H,4-5H2,1-3H3,(H,12,13,16). The number of nitrogens with one attached hydrogen (secondary N) is 1. The molecule has 0 aliphatic carbocycles. The van der Waals surface area contributed by atoms with Gasteiger partial charge < -0.3 is 0 Å². The Balaban J connectivity index is 2.59. The molecule has 0 radical (unpaired) electrons. The number of H-pyrrole nitrogens is 1. The first kappa shape index (κ1) is 12.2. The lowest BCUT2D eigenvalue weighted by atomic mass is 10.2. The molecule has 0 unspecified atom stereocenters. The van der Waals surface area contributed by atoms with Crippen LogP contribution in [0.4, 0.5) is 0 Å². The number of nitrogens with zero attached hydrogens (tertiary/aromatic N) is 3. The van der Waals surface area contributed by atoms with Gasteiger partial charge in [0.1, 0.15) is 0 Å². The van der Waals surface area contributed by atoms with E-state index in [1.807, 2.05) is 4.40 Å². The smallest absolute Gasteiger partial charge is 0.252 e. The van der Waals surface area contributed by atoms with Crippen LogP contribution in [-0.4, -0.2) is 24.8 Å². The molecular formula is C11H16N4OS. The summed E-state index contributed by atoms with van der Waals surface area (Å²) in [6.45, 7) is 6.31. The summed E-state index contributed by atoms with van der Waals surface area (Å²) < 4.78 is 1.94. The summed E-state index contributed by atoms with van der Waals surface area (Å²) in [6.07, 6.45) is 1.84. The molecule has 17 heavy (non-hydrogen) atoms. The maximum absolute atomic E-state index is 11.5. The molecule has 0 fully saturated rings. The number of rotatable bonds is 4. The molecule has 92 valence electrons. The SMILES string of the molecule is CCCc1cc(=O)[nH]c2nnc(SC(C)C)n12. The molecule has 6 heteroatoms. The topological polar surface area (TPSA) is 63.0 Å². The number of aromatic nitrogens is 4. The van der Waals surface area contributed by atoms with Gasteiger partial charge >= 0.3 is 0 Å². The monoisotopic (exact) mass is 252 g/mol. The minimum atomic E-state index is -0.116. The van der Waals surface area contributed by atoms with Crippen LogP contribution in [0.25, 0.3) is 5.78 Å². The largest absolute Gasteiger partial charge is 0.291 e. The Kier molecular flexibility index (Phi) is 3.51. The normalized spacial score (nSPS) is 11.5. The molecule has 0 saturated carbocycles. The van der Waals surface area contributed by atoms with E-state index >= 15 is 0 Å². The van der Waals surface area contributed by atoms with Crippen molar-refractivity contribution in [1.29, 1.82) is 0 Å². The van der Waals surface area contributed by atoms with E-state index in [2.05, 4.69) is 36.0 Å². The second-order valence-electron chi connectivity index (χ2n) is 4.18. The molecule has 0 atom stereocenters. The van der Waals surface area contributed by atoms with Crippen molar-refractivity contribution in [3.05, 3.63) is 22.1 Å². The third-order valence-corrected chi connectivity index (χ3v) is 3.25. The summed E-state index contributed by atoms with van der Waals surface area (Å²) in [5, 5.41) is 9.41. The van der Waals surface area contributed by atoms with Crippen molar-refractivity contribution in [1.82, 2.24) is 19.6 Å². The summed E-state index contributed by atoms with van der Waals surface area (Å²) >= 11 is 1.65. The van der Waals surface area contributed by atoms with Gasteiger partial charge in [-0.2, -0.15) is 0 Å². The van der Waals surface area contributed by atoms with Crippen LogP contribution in [0, 0.1) is 0 Å². The van der Waals surface area contributed by atoms with E-state index < -0.39 is 0 Å². The molecule has 5 nitrogen and oxygen atoms in total. The van der Waals surface area contributed by atoms with E-state index in [0.717, 1.165) is 23.7 Å². The number of hydrogen-bond acceptors (Lipinski definition) is 4. The van der Waals surface area contributed by atoms with Gasteiger partial charge in [-0.15, -0.1) is 10.2 Å². The van der Waals surface area contributed by atoms with Gasteiger partial charge in [-0.1, -0.05) is 39.0 Å². The van der Waals surface area contributed by atoms with Gasteiger partial charge in [0, 0.05) is 17.0 Å². The van der Waals surface area contributed by atoms with Gasteiger partial charge in [0.25, 0.3) is 5.56 Å². The summed E-state index contributed by atoms with van der Waals surface area (Å²) in [5.74, 6) is 0.532. The van der Waals surface area contributed by atoms with Gasteiger partial charge in [0.05, 0.1) is 0 Å². The Bertz CT molecular complexity index is 572. The molecule has 2 aromatic rings. The van der Waals surface area contributed by atoms with Crippen LogP contribution in [0.2, 0.25) is 0 Å². The van der Waals surface area contributed by atoms with Crippen LogP contribution in [-0.2, 0) is 6.42 Å². The second-order valence-corrected chi connectivity index (χ2v) is 5.73. The second kappa shape index (κ2) is 4.91. The number of aromatic amines is 1. The first-order valence-corrected chi connectivity index (χ1v) is 6.63. The van der Waals surface area contributed by atoms with E-state index in [1.54, 1.807) is 17.8 Å². The van der Waals surface area contributed by atoms with Crippen LogP contribution >= 0.6 is 11.8 Å². The van der Waals surface area contributed by atoms with Crippen molar-refractivity contribution < 1.29 is 0 Å². The Labute approximate surface area is 104 Å². The average molecular weight is 252 g/mol. The highest BCUT2D eigenvalue weighted by Crippen LogP contribution is 2.21. The Hall–Kier alpha value is -1.30. The lowest BCUT2D eigenvalue weighted by Gasteiger charge is -2.06. The number of fused-ring (bicyclic) bond motifs is 1. The van der Waals surface area contributed by atoms with Crippen LogP contribution in [0.3, 0.4) is 0 Å². The van der Waals surface area contributed by atoms with Crippen molar-refractivity contribution in [2.75, 3.05) is 0 Å². The minimum Gasteiger partial charge on any atom is -0.291 e. The van der Waals surface area contributed by atoms with Crippen molar-refractivity contribution >= 4 is 17.5 Å². The summed E-state index contributed by atoms with van der Waals surface area (Å²) in [6, 6.07) is 1.63. The number of thioether (sulfide) groups is 1. The average Bonchev–Trinajstić information content (AvgIpc) is 2.60. The summed E-state index contributed by atoms with van der Waals surface area (Å²) in [5.41, 5.74) is 0.855. The molecule has 2 aromatic heterocycles. The molecule has 0 aliphatic rings. The van der Waals surface area contributed by atoms with Crippen molar-refractivity contribution in [2.45, 2.75) is 44.0 Å². The van der Waals surface area contributed by atoms with Gasteiger partial charge in [0.2, 0.25) is 5.78 Å². The van der Waals surface area contributed by atoms with E-state index in [1.165, 1.54) is 0 Å². The third kappa shape index (κ3) is 2.52. The maximum Gasteiger partial charge on any atom is 0.252 e. The van der Waals surface area contributed by atoms with E-state index in [-0.39, 0.29) is 5.56 Å². The molecular weight excluding hydrogens is 236 g/mol. The van der Waals surface area contributed by atoms with Crippen LogP contribution < -0.4 is 5.56 Å². The summed E-state index contributed by atoms with van der Waals surface area (Å²) in [7, 11) is 0. The molecule has 0 saturated heterocycles. The fourth-order valence-corrected chi connectivity index (χ4v) is 2.52. The Morgan fingerprint density at radius 2 is 2.24 bits per heavy atom. The van der Waals surface area contributed by atoms with Crippen LogP contribution in [0.1, 0.15) is 32.9 Å². The maximum atomic E-state index is 11.5. The molecule has 2 heterocycles. The molecule has 0 spiro atoms. The Morgan fingerprint density at radius 3 is 2.88 bits per heavy atom. The predicted molar refractivity (Wildman–Crippen MR) is 68.6 cm³/mol. The molecule has 2 rings (SSSR count). The van der Waals surface area contributed by atoms with Gasteiger partial charge in [0.15, 0.2) is 5.16 Å². The highest BCUT2D eigenvalue weighted by atomic mass is 32.2. The van der Waals surface area contributed by atoms with Crippen molar-refractivity contribution in [2.24, 2.45) is 0 Å². The zero-order valence-electron chi connectivity index (χ0n) is 10.2. The quantitative estimate of drug-likeness (QED) is 0.844. The fourth-order valence-electron chi connectivity index (χ4n) is 1.70. The van der Waals surface area contributed by atoms with Crippen molar-refractivity contribution in [3.63, 3.8) is 0 Å². The lowest BCUT2D eigenvalue weighted by molar-refractivity contribution is 0.799. The molecule has 0 aliphatic heterocycles. The summed E-state index contributed by atoms with van der Waals surface area (Å²) in [4.78, 5) is 14.2. The lowest BCUT2D eigenvalue weighted by Crippen LogP contribution is -2.12. The molecule has 1 N–H and O–H groups in total. The van der Waals surface area contributed by atoms with Gasteiger partial charge in [-0.05, 0) is 6.42 Å². The van der Waals surface area contributed by atoms with Crippen LogP contribution in [0.15, 0.2) is 16.0 Å². The molecule has 0 amide bonds. The highest BCUT2D eigenvalue weighted by Gasteiger charge is 2.12. The van der Waals surface area contributed by atoms with Gasteiger partial charge in [-0.3, -0.25) is 14.2 Å². The zero-order chi connectivity index (χ0) is 12.4. The number of aryl methyl sites for hydroxylation is 1. The van der Waals surface area contributed by atoms with Crippen molar-refractivity contribution in [3.8, 4) is 0 Å². The number of hydrogen-bond donors (Lipinski definition) is 1. The molecule has 0 aromatic carbocycles. The first-order chi connectivity index (χ1) is 8.11. The van der Waals surface area contributed by atoms with E-state index in [0.29, 0.717) is 11.0 Å². The van der Waals surface area contributed by atoms with E-state index in [4.69, 9.17) is 0 Å². The fraction of sp³-hybridized carbons (Fsp3) is 0.545. The van der Waals surface area contributed by atoms with E-state index in [9.17, 15) is 4.79 Å². The third-order valence-electron chi connectivity index (χ3n) is 2.30. The first-order valence-electron chi connectivity index (χ1n) is 5.75. The molecule has 0 bridgehead atoms. The van der Waals surface area contributed by atoms with Gasteiger partial charge in [-0.25, -0.2) is 0 Å².